The van der Waals surface area contributed by atoms with E-state index in [1.165, 1.54) is 0 Å². The molecule has 0 aliphatic carbocycles. The van der Waals surface area contributed by atoms with Crippen LogP contribution in [0.4, 0.5) is 4.79 Å². The molecular weight excluding hydrogens is 474 g/mol. The highest BCUT2D eigenvalue weighted by molar-refractivity contribution is 5.97. The zero-order valence-corrected chi connectivity index (χ0v) is 22.4. The fraction of sp³-hybridized carbons (Fsp3) is 0.407. The molecule has 1 unspecified atom stereocenters. The fourth-order valence-electron chi connectivity index (χ4n) is 4.05. The van der Waals surface area contributed by atoms with E-state index in [1.807, 2.05) is 57.5 Å². The third-order valence-electron chi connectivity index (χ3n) is 5.65. The lowest BCUT2D eigenvalue weighted by molar-refractivity contribution is 0.0376. The average molecular weight is 508 g/mol. The first kappa shape index (κ1) is 26.0. The molecule has 37 heavy (non-hydrogen) atoms. The van der Waals surface area contributed by atoms with E-state index in [9.17, 15) is 9.59 Å². The number of nitrogens with zero attached hydrogens (tertiary/aromatic N) is 3. The van der Waals surface area contributed by atoms with Crippen molar-refractivity contribution in [2.24, 2.45) is 7.05 Å². The third-order valence-corrected chi connectivity index (χ3v) is 5.65. The number of ether oxygens (including phenoxy) is 3. The maximum Gasteiger partial charge on any atom is 0.408 e. The van der Waals surface area contributed by atoms with E-state index >= 15 is 0 Å². The van der Waals surface area contributed by atoms with Crippen LogP contribution in [0.25, 0.3) is 33.6 Å². The predicted molar refractivity (Wildman–Crippen MR) is 141 cm³/mol. The van der Waals surface area contributed by atoms with Crippen molar-refractivity contribution >= 4 is 34.1 Å². The molecule has 10 nitrogen and oxygen atoms in total. The van der Waals surface area contributed by atoms with Gasteiger partial charge in [-0.3, -0.25) is 0 Å². The summed E-state index contributed by atoms with van der Waals surface area (Å²) in [4.78, 5) is 37.5. The van der Waals surface area contributed by atoms with Crippen molar-refractivity contribution in [3.63, 3.8) is 0 Å². The summed E-state index contributed by atoms with van der Waals surface area (Å²) in [7, 11) is 3.44. The van der Waals surface area contributed by atoms with Gasteiger partial charge in [-0.1, -0.05) is 0 Å². The van der Waals surface area contributed by atoms with Gasteiger partial charge in [0.05, 0.1) is 41.7 Å². The molecule has 0 aliphatic heterocycles. The van der Waals surface area contributed by atoms with Gasteiger partial charge >= 0.3 is 12.1 Å². The lowest BCUT2D eigenvalue weighted by Gasteiger charge is -2.21. The number of carbonyl (C=O) groups excluding carboxylic acids is 2. The molecule has 0 aliphatic rings. The van der Waals surface area contributed by atoms with E-state index in [4.69, 9.17) is 24.2 Å². The normalized spacial score (nSPS) is 12.7. The van der Waals surface area contributed by atoms with Crippen molar-refractivity contribution in [2.45, 2.75) is 59.3 Å². The molecule has 0 fully saturated rings. The van der Waals surface area contributed by atoms with Gasteiger partial charge in [0.1, 0.15) is 22.5 Å². The highest BCUT2D eigenvalue weighted by atomic mass is 16.6. The Kier molecular flexibility index (Phi) is 6.86. The van der Waals surface area contributed by atoms with Crippen LogP contribution in [0.5, 0.6) is 5.75 Å². The maximum absolute atomic E-state index is 12.5. The Hall–Kier alpha value is -4.08. The van der Waals surface area contributed by atoms with Crippen molar-refractivity contribution < 1.29 is 23.8 Å². The summed E-state index contributed by atoms with van der Waals surface area (Å²) in [6.07, 6.45) is -0.737. The molecule has 10 heteroatoms. The molecule has 4 rings (SSSR count). The maximum atomic E-state index is 12.5. The average Bonchev–Trinajstić information content (AvgIpc) is 3.36. The first-order chi connectivity index (χ1) is 17.4. The number of aromatic amines is 1. The molecule has 0 saturated carbocycles. The number of benzene rings is 1. The number of pyridine rings is 1. The number of rotatable bonds is 6. The highest BCUT2D eigenvalue weighted by Crippen LogP contribution is 2.33. The molecule has 0 spiro atoms. The smallest absolute Gasteiger partial charge is 0.408 e. The van der Waals surface area contributed by atoms with Crippen LogP contribution in [-0.2, 0) is 16.5 Å². The Bertz CT molecular complexity index is 1480. The Morgan fingerprint density at radius 1 is 1.08 bits per heavy atom. The molecule has 3 aromatic heterocycles. The van der Waals surface area contributed by atoms with Crippen LogP contribution in [0.15, 0.2) is 30.3 Å². The zero-order valence-electron chi connectivity index (χ0n) is 22.4. The van der Waals surface area contributed by atoms with Gasteiger partial charge in [0.15, 0.2) is 5.82 Å². The minimum atomic E-state index is -0.584. The number of nitrogens with one attached hydrogen (secondary N) is 2. The molecule has 0 saturated heterocycles. The Labute approximate surface area is 215 Å². The largest absolute Gasteiger partial charge is 0.494 e. The van der Waals surface area contributed by atoms with E-state index in [1.54, 1.807) is 33.1 Å². The van der Waals surface area contributed by atoms with Crippen LogP contribution >= 0.6 is 0 Å². The number of aromatic nitrogens is 4. The summed E-state index contributed by atoms with van der Waals surface area (Å²) in [6.45, 7) is 10.9. The molecule has 3 heterocycles. The summed E-state index contributed by atoms with van der Waals surface area (Å²) in [5, 5.41) is 3.71. The molecule has 2 N–H and O–H groups in total. The van der Waals surface area contributed by atoms with Gasteiger partial charge in [0, 0.05) is 12.4 Å². The van der Waals surface area contributed by atoms with Gasteiger partial charge in [-0.05, 0) is 71.9 Å². The number of amides is 1. The number of hydrogen-bond donors (Lipinski definition) is 2. The summed E-state index contributed by atoms with van der Waals surface area (Å²) < 4.78 is 18.2. The molecule has 1 aromatic carbocycles. The molecule has 1 atom stereocenters. The molecule has 196 valence electrons. The van der Waals surface area contributed by atoms with E-state index in [0.717, 1.165) is 16.6 Å². The number of alkyl carbamates (subject to hydrolysis) is 1. The minimum Gasteiger partial charge on any atom is -0.494 e. The van der Waals surface area contributed by atoms with Crippen molar-refractivity contribution in [3.8, 4) is 17.3 Å². The van der Waals surface area contributed by atoms with E-state index in [2.05, 4.69) is 10.3 Å². The number of fused-ring (bicyclic) bond motifs is 2. The molecule has 0 radical (unpaired) electrons. The topological polar surface area (TPSA) is 120 Å². The first-order valence-corrected chi connectivity index (χ1v) is 12.1. The number of imidazole rings is 1. The van der Waals surface area contributed by atoms with E-state index < -0.39 is 17.7 Å². The number of hydrogen-bond acceptors (Lipinski definition) is 7. The van der Waals surface area contributed by atoms with Crippen molar-refractivity contribution in [1.82, 2.24) is 24.8 Å². The number of aryl methyl sites for hydroxylation is 1. The molecule has 0 bridgehead atoms. The van der Waals surface area contributed by atoms with Gasteiger partial charge in [-0.2, -0.15) is 0 Å². The van der Waals surface area contributed by atoms with Crippen molar-refractivity contribution in [2.75, 3.05) is 7.11 Å². The zero-order chi connectivity index (χ0) is 27.1. The van der Waals surface area contributed by atoms with E-state index in [-0.39, 0.29) is 12.1 Å². The van der Waals surface area contributed by atoms with Gasteiger partial charge in [-0.25, -0.2) is 19.6 Å². The second-order valence-electron chi connectivity index (χ2n) is 10.2. The second-order valence-corrected chi connectivity index (χ2v) is 10.2. The number of carbonyl (C=O) groups is 2. The van der Waals surface area contributed by atoms with Crippen molar-refractivity contribution in [1.29, 1.82) is 0 Å². The monoisotopic (exact) mass is 507 g/mol. The summed E-state index contributed by atoms with van der Waals surface area (Å²) >= 11 is 0. The number of esters is 1. The summed E-state index contributed by atoms with van der Waals surface area (Å²) in [5.74, 6) is 0.744. The third kappa shape index (κ3) is 5.52. The summed E-state index contributed by atoms with van der Waals surface area (Å²) in [5.41, 5.74) is 3.24. The number of methoxy groups -OCH3 is 1. The highest BCUT2D eigenvalue weighted by Gasteiger charge is 2.22. The summed E-state index contributed by atoms with van der Waals surface area (Å²) in [6, 6.07) is 8.78. The molecular formula is C27H33N5O5. The van der Waals surface area contributed by atoms with Gasteiger partial charge in [-0.15, -0.1) is 0 Å². The Morgan fingerprint density at radius 3 is 2.46 bits per heavy atom. The van der Waals surface area contributed by atoms with Crippen LogP contribution in [0, 0.1) is 0 Å². The van der Waals surface area contributed by atoms with Crippen LogP contribution in [0.2, 0.25) is 0 Å². The quantitative estimate of drug-likeness (QED) is 0.341. The standard InChI is InChI=1S/C27H33N5O5/c1-14(2)36-25(33)17-12-19-22(21(13-17)35-8)32(7)24(31-19)20-11-16-9-10-18(29-23(16)30-20)15(3)28-26(34)37-27(4,5)6/h9-15H,1-8H3,(H,28,34)(H,29,30). The Morgan fingerprint density at radius 2 is 1.81 bits per heavy atom. The number of H-pyrrole nitrogens is 1. The van der Waals surface area contributed by atoms with Gasteiger partial charge < -0.3 is 29.1 Å². The van der Waals surface area contributed by atoms with Crippen molar-refractivity contribution in [3.05, 3.63) is 41.6 Å². The SMILES string of the molecule is COc1cc(C(=O)OC(C)C)cc2nc(-c3cc4ccc(C(C)NC(=O)OC(C)(C)C)nc4[nH]3)n(C)c12. The van der Waals surface area contributed by atoms with Crippen LogP contribution in [-0.4, -0.2) is 50.4 Å². The van der Waals surface area contributed by atoms with Crippen LogP contribution in [0.1, 0.15) is 63.6 Å². The van der Waals surface area contributed by atoms with Crippen LogP contribution < -0.4 is 10.1 Å². The van der Waals surface area contributed by atoms with Crippen LogP contribution in [0.3, 0.4) is 0 Å². The lowest BCUT2D eigenvalue weighted by Crippen LogP contribution is -2.34. The lowest BCUT2D eigenvalue weighted by atomic mass is 10.2. The van der Waals surface area contributed by atoms with Gasteiger partial charge in [0.25, 0.3) is 0 Å². The molecule has 1 amide bonds. The first-order valence-electron chi connectivity index (χ1n) is 12.1. The minimum absolute atomic E-state index is 0.237. The Balaban J connectivity index is 1.68. The second kappa shape index (κ2) is 9.76. The van der Waals surface area contributed by atoms with Gasteiger partial charge in [0.2, 0.25) is 0 Å². The fourth-order valence-corrected chi connectivity index (χ4v) is 4.05. The molecule has 4 aromatic rings. The predicted octanol–water partition coefficient (Wildman–Crippen LogP) is 5.28. The van der Waals surface area contributed by atoms with E-state index in [0.29, 0.717) is 34.0 Å².